The highest BCUT2D eigenvalue weighted by Crippen LogP contribution is 2.32. The molecular weight excluding hydrogens is 594 g/mol. The van der Waals surface area contributed by atoms with E-state index in [9.17, 15) is 40.7 Å². The van der Waals surface area contributed by atoms with Crippen molar-refractivity contribution in [1.29, 1.82) is 0 Å². The van der Waals surface area contributed by atoms with Crippen molar-refractivity contribution in [2.45, 2.75) is 38.1 Å². The molecule has 0 bridgehead atoms. The molecule has 232 valence electrons. The number of carboxylic acid groups (broad SMARTS) is 2. The van der Waals surface area contributed by atoms with E-state index in [1.807, 2.05) is 0 Å². The SMILES string of the molecule is COc1cc(C(=O)O)ccc1O.N[C@@H](CC(=O)N1CCn2c(C(F)(F)F)nc(C(=O)O)c2C1)Cc1cc(F)c(F)cc1F. The molecule has 4 rings (SSSR count). The number of hydrogen-bond acceptors (Lipinski definition) is 7. The number of aromatic carboxylic acids is 2. The van der Waals surface area contributed by atoms with Crippen molar-refractivity contribution in [1.82, 2.24) is 14.5 Å². The van der Waals surface area contributed by atoms with Crippen LogP contribution >= 0.6 is 0 Å². The van der Waals surface area contributed by atoms with Gasteiger partial charge in [0.1, 0.15) is 5.82 Å². The monoisotopic (exact) mass is 618 g/mol. The van der Waals surface area contributed by atoms with Gasteiger partial charge in [-0.3, -0.25) is 4.79 Å². The topological polar surface area (TPSA) is 168 Å². The number of carboxylic acids is 2. The summed E-state index contributed by atoms with van der Waals surface area (Å²) >= 11 is 0. The van der Waals surface area contributed by atoms with Crippen LogP contribution in [-0.2, 0) is 30.5 Å². The third kappa shape index (κ3) is 7.73. The van der Waals surface area contributed by atoms with Crippen LogP contribution in [0.5, 0.6) is 11.5 Å². The molecule has 0 fully saturated rings. The molecule has 11 nitrogen and oxygen atoms in total. The first kappa shape index (κ1) is 32.7. The van der Waals surface area contributed by atoms with Crippen LogP contribution in [0.1, 0.15) is 44.3 Å². The van der Waals surface area contributed by atoms with Crippen molar-refractivity contribution in [2.24, 2.45) is 5.73 Å². The average molecular weight is 618 g/mol. The van der Waals surface area contributed by atoms with Crippen molar-refractivity contribution in [3.63, 3.8) is 0 Å². The second-order valence-corrected chi connectivity index (χ2v) is 9.22. The Morgan fingerprint density at radius 3 is 2.26 bits per heavy atom. The maximum atomic E-state index is 13.8. The second-order valence-electron chi connectivity index (χ2n) is 9.22. The summed E-state index contributed by atoms with van der Waals surface area (Å²) < 4.78 is 84.9. The van der Waals surface area contributed by atoms with E-state index in [0.29, 0.717) is 16.7 Å². The molecule has 1 aliphatic rings. The minimum Gasteiger partial charge on any atom is -0.504 e. The maximum absolute atomic E-state index is 13.8. The predicted octanol–water partition coefficient (Wildman–Crippen LogP) is 3.42. The van der Waals surface area contributed by atoms with Gasteiger partial charge in [-0.25, -0.2) is 27.7 Å². The van der Waals surface area contributed by atoms with Crippen molar-refractivity contribution in [3.05, 3.63) is 76.1 Å². The molecule has 0 saturated heterocycles. The van der Waals surface area contributed by atoms with E-state index < -0.39 is 65.6 Å². The number of aromatic hydroxyl groups is 1. The van der Waals surface area contributed by atoms with Gasteiger partial charge in [-0.2, -0.15) is 13.2 Å². The first-order valence-electron chi connectivity index (χ1n) is 12.2. The Balaban J connectivity index is 0.000000353. The second kappa shape index (κ2) is 13.0. The van der Waals surface area contributed by atoms with E-state index in [-0.39, 0.29) is 54.3 Å². The molecule has 2 aromatic carbocycles. The number of amides is 1. The Morgan fingerprint density at radius 1 is 1.02 bits per heavy atom. The van der Waals surface area contributed by atoms with Gasteiger partial charge in [-0.15, -0.1) is 0 Å². The smallest absolute Gasteiger partial charge is 0.449 e. The molecule has 1 aromatic heterocycles. The molecule has 1 aliphatic heterocycles. The number of hydrogen-bond donors (Lipinski definition) is 4. The molecule has 0 saturated carbocycles. The lowest BCUT2D eigenvalue weighted by atomic mass is 10.0. The van der Waals surface area contributed by atoms with Crippen molar-refractivity contribution in [3.8, 4) is 11.5 Å². The summed E-state index contributed by atoms with van der Waals surface area (Å²) in [7, 11) is 1.36. The highest BCUT2D eigenvalue weighted by atomic mass is 19.4. The van der Waals surface area contributed by atoms with Crippen LogP contribution in [0.3, 0.4) is 0 Å². The average Bonchev–Trinajstić information content (AvgIpc) is 3.32. The Kier molecular flexibility index (Phi) is 9.90. The lowest BCUT2D eigenvalue weighted by molar-refractivity contribution is -0.148. The van der Waals surface area contributed by atoms with Gasteiger partial charge in [0.2, 0.25) is 11.7 Å². The number of halogens is 6. The number of carbonyl (C=O) groups is 3. The van der Waals surface area contributed by atoms with Crippen LogP contribution in [-0.4, -0.2) is 67.3 Å². The molecule has 0 spiro atoms. The Hall–Kier alpha value is -4.80. The van der Waals surface area contributed by atoms with Gasteiger partial charge in [0.05, 0.1) is 24.9 Å². The van der Waals surface area contributed by atoms with E-state index in [1.165, 1.54) is 25.3 Å². The minimum absolute atomic E-state index is 0.0671. The number of fused-ring (bicyclic) bond motifs is 1. The molecule has 1 amide bonds. The van der Waals surface area contributed by atoms with Gasteiger partial charge in [0, 0.05) is 31.6 Å². The number of imidazole rings is 1. The molecule has 3 aromatic rings. The highest BCUT2D eigenvalue weighted by Gasteiger charge is 2.41. The van der Waals surface area contributed by atoms with Crippen LogP contribution in [0.2, 0.25) is 0 Å². The normalized spacial score (nSPS) is 13.4. The molecule has 0 unspecified atom stereocenters. The molecule has 2 heterocycles. The van der Waals surface area contributed by atoms with E-state index in [2.05, 4.69) is 4.98 Å². The number of phenolic OH excluding ortho intramolecular Hbond substituents is 1. The molecule has 17 heteroatoms. The molecule has 1 atom stereocenters. The number of nitrogens with two attached hydrogens (primary N) is 1. The van der Waals surface area contributed by atoms with E-state index >= 15 is 0 Å². The van der Waals surface area contributed by atoms with E-state index in [4.69, 9.17) is 25.8 Å². The highest BCUT2D eigenvalue weighted by molar-refractivity contribution is 5.88. The van der Waals surface area contributed by atoms with Gasteiger partial charge in [0.15, 0.2) is 28.8 Å². The van der Waals surface area contributed by atoms with E-state index in [0.717, 1.165) is 4.90 Å². The largest absolute Gasteiger partial charge is 0.504 e. The first-order valence-corrected chi connectivity index (χ1v) is 12.2. The fourth-order valence-corrected chi connectivity index (χ4v) is 4.21. The summed E-state index contributed by atoms with van der Waals surface area (Å²) in [6, 6.07) is 3.84. The Bertz CT molecular complexity index is 1540. The number of phenols is 1. The van der Waals surface area contributed by atoms with Crippen LogP contribution in [0.15, 0.2) is 30.3 Å². The molecule has 43 heavy (non-hydrogen) atoms. The zero-order valence-corrected chi connectivity index (χ0v) is 22.2. The lowest BCUT2D eigenvalue weighted by Gasteiger charge is -2.30. The van der Waals surface area contributed by atoms with Crippen LogP contribution in [0, 0.1) is 17.5 Å². The zero-order chi connectivity index (χ0) is 32.2. The summed E-state index contributed by atoms with van der Waals surface area (Å²) in [5, 5.41) is 26.8. The number of methoxy groups -OCH3 is 1. The number of aromatic nitrogens is 2. The summed E-state index contributed by atoms with van der Waals surface area (Å²) in [6.45, 7) is -0.921. The number of ether oxygens (including phenoxy) is 1. The summed E-state index contributed by atoms with van der Waals surface area (Å²) in [6.07, 6.45) is -5.54. The lowest BCUT2D eigenvalue weighted by Crippen LogP contribution is -2.42. The number of carbonyl (C=O) groups excluding carboxylic acids is 1. The maximum Gasteiger partial charge on any atom is 0.449 e. The van der Waals surface area contributed by atoms with Gasteiger partial charge >= 0.3 is 18.1 Å². The van der Waals surface area contributed by atoms with Crippen molar-refractivity contribution < 1.29 is 60.8 Å². The van der Waals surface area contributed by atoms with Crippen LogP contribution < -0.4 is 10.5 Å². The third-order valence-electron chi connectivity index (χ3n) is 6.25. The minimum atomic E-state index is -4.87. The van der Waals surface area contributed by atoms with Crippen LogP contribution in [0.4, 0.5) is 26.3 Å². The standard InChI is InChI=1S/C18H16F6N4O3.C8H8O4/c19-10-6-12(21)11(20)4-8(10)3-9(25)5-14(29)27-1-2-28-13(7-27)15(16(30)31)26-17(28)18(22,23)24;1-12-7-4-5(8(10)11)2-3-6(7)9/h4,6,9H,1-3,5,7,25H2,(H,30,31);2-4,9H,1H3,(H,10,11)/t9-;/m1./s1. The van der Waals surface area contributed by atoms with Crippen LogP contribution in [0.25, 0.3) is 0 Å². The number of alkyl halides is 3. The van der Waals surface area contributed by atoms with Gasteiger partial charge in [0.25, 0.3) is 0 Å². The third-order valence-corrected chi connectivity index (χ3v) is 6.25. The Labute approximate surface area is 238 Å². The van der Waals surface area contributed by atoms with Gasteiger partial charge < -0.3 is 35.3 Å². The quantitative estimate of drug-likeness (QED) is 0.229. The molecular formula is C26H24F6N4O7. The van der Waals surface area contributed by atoms with Gasteiger partial charge in [-0.05, 0) is 36.2 Å². The predicted molar refractivity (Wildman–Crippen MR) is 134 cm³/mol. The number of rotatable bonds is 7. The Morgan fingerprint density at radius 2 is 1.67 bits per heavy atom. The molecule has 5 N–H and O–H groups in total. The summed E-state index contributed by atoms with van der Waals surface area (Å²) in [5.74, 6) is -8.28. The summed E-state index contributed by atoms with van der Waals surface area (Å²) in [4.78, 5) is 38.5. The number of benzene rings is 2. The van der Waals surface area contributed by atoms with Crippen molar-refractivity contribution in [2.75, 3.05) is 13.7 Å². The van der Waals surface area contributed by atoms with E-state index in [1.54, 1.807) is 0 Å². The zero-order valence-electron chi connectivity index (χ0n) is 22.2. The molecule has 0 radical (unpaired) electrons. The van der Waals surface area contributed by atoms with Crippen molar-refractivity contribution >= 4 is 17.8 Å². The number of nitrogens with zero attached hydrogens (tertiary/aromatic N) is 3. The summed E-state index contributed by atoms with van der Waals surface area (Å²) in [5.41, 5.74) is 4.58. The first-order chi connectivity index (χ1) is 20.0. The fraction of sp³-hybridized carbons (Fsp3) is 0.308. The van der Waals surface area contributed by atoms with Gasteiger partial charge in [-0.1, -0.05) is 0 Å². The fourth-order valence-electron chi connectivity index (χ4n) is 4.21. The molecule has 0 aliphatic carbocycles.